The molecule has 1 fully saturated rings. The van der Waals surface area contributed by atoms with Gasteiger partial charge in [0.1, 0.15) is 36.8 Å². The molecule has 0 radical (unpaired) electrons. The van der Waals surface area contributed by atoms with Crippen LogP contribution in [0.3, 0.4) is 0 Å². The average Bonchev–Trinajstić information content (AvgIpc) is 3.28. The van der Waals surface area contributed by atoms with Crippen molar-refractivity contribution in [1.82, 2.24) is 19.5 Å². The van der Waals surface area contributed by atoms with Gasteiger partial charge in [0.25, 0.3) is 5.56 Å². The number of H-pyrrole nitrogens is 1. The van der Waals surface area contributed by atoms with Gasteiger partial charge in [-0.15, -0.1) is 9.05 Å². The number of imidazole rings is 1. The topological polar surface area (TPSA) is 209 Å². The monoisotopic (exact) mass is 532 g/mol. The van der Waals surface area contributed by atoms with Crippen molar-refractivity contribution in [3.63, 3.8) is 0 Å². The van der Waals surface area contributed by atoms with E-state index in [2.05, 4.69) is 15.0 Å². The molecule has 14 nitrogen and oxygen atoms in total. The molecule has 1 saturated heterocycles. The van der Waals surface area contributed by atoms with Gasteiger partial charge in [-0.3, -0.25) is 23.9 Å². The number of ketones is 1. The van der Waals surface area contributed by atoms with E-state index in [4.69, 9.17) is 19.5 Å². The third-order valence-electron chi connectivity index (χ3n) is 5.71. The van der Waals surface area contributed by atoms with Crippen LogP contribution in [0.4, 0.5) is 5.95 Å². The zero-order valence-electron chi connectivity index (χ0n) is 19.5. The Balaban J connectivity index is 1.56. The second-order valence-electron chi connectivity index (χ2n) is 8.64. The molecule has 1 aliphatic heterocycles. The third kappa shape index (κ3) is 5.61. The molecule has 2 aromatic rings. The van der Waals surface area contributed by atoms with Gasteiger partial charge >= 0.3 is 8.25 Å². The van der Waals surface area contributed by atoms with Crippen LogP contribution >= 0.6 is 20.0 Å². The predicted octanol–water partition coefficient (Wildman–Crippen LogP) is 0.277. The number of nitrogens with one attached hydrogen (secondary N) is 1. The Kier molecular flexibility index (Phi) is 8.11. The third-order valence-corrected chi connectivity index (χ3v) is 7.60. The Hall–Kier alpha value is -2.26. The summed E-state index contributed by atoms with van der Waals surface area (Å²) in [5, 5.41) is 21.1. The van der Waals surface area contributed by atoms with Gasteiger partial charge < -0.3 is 20.7 Å². The van der Waals surface area contributed by atoms with Crippen LogP contribution in [0.25, 0.3) is 11.2 Å². The number of hydrogen-bond donors (Lipinski definition) is 4. The fraction of sp³-hybridized carbons (Fsp3) is 0.632. The summed E-state index contributed by atoms with van der Waals surface area (Å²) in [6.07, 6.45) is -2.57. The van der Waals surface area contributed by atoms with Crippen molar-refractivity contribution in [2.75, 3.05) is 24.7 Å². The molecule has 0 aliphatic carbocycles. The number of nitrogens with two attached hydrogens (primary N) is 1. The summed E-state index contributed by atoms with van der Waals surface area (Å²) in [6, 6.07) is 0. The van der Waals surface area contributed by atoms with Gasteiger partial charge in [-0.25, -0.2) is 4.98 Å². The molecule has 0 aromatic carbocycles. The van der Waals surface area contributed by atoms with E-state index in [1.165, 1.54) is 38.6 Å². The maximum Gasteiger partial charge on any atom is 0.697 e. The number of thioether (sulfide) groups is 1. The number of carbonyl (C=O) groups excluding carboxylic acids is 2. The number of hydrogen-bond acceptors (Lipinski definition) is 13. The number of nitrogen functional groups attached to an aromatic ring is 1. The summed E-state index contributed by atoms with van der Waals surface area (Å²) in [7, 11) is -2.62. The zero-order valence-corrected chi connectivity index (χ0v) is 21.2. The standard InChI is InChI=1S/C19H26N5O9PS/c1-9(25)18(2,3)16(28)35-6-5-31-34(30)32-7-10-12(26)19(4,29)15(33-10)24-8-21-11-13(24)22-17(20)23-14(11)27/h8,10,12,15,26,29H,5-7H2,1-4H3,(H2-,20,22,23,27)/p+1/t10-,12+,15-,19?/m1/s1. The van der Waals surface area contributed by atoms with Crippen molar-refractivity contribution in [3.8, 4) is 0 Å². The minimum Gasteiger partial charge on any atom is -0.387 e. The molecule has 1 aliphatic rings. The summed E-state index contributed by atoms with van der Waals surface area (Å²) in [4.78, 5) is 45.9. The van der Waals surface area contributed by atoms with E-state index in [0.717, 1.165) is 11.8 Å². The first-order valence-electron chi connectivity index (χ1n) is 10.5. The lowest BCUT2D eigenvalue weighted by Crippen LogP contribution is -2.44. The number of anilines is 1. The lowest BCUT2D eigenvalue weighted by Gasteiger charge is -2.27. The van der Waals surface area contributed by atoms with Crippen LogP contribution in [0.15, 0.2) is 11.1 Å². The maximum atomic E-state index is 12.1. The molecule has 0 saturated carbocycles. The van der Waals surface area contributed by atoms with E-state index < -0.39 is 49.9 Å². The Morgan fingerprint density at radius 2 is 2.11 bits per heavy atom. The smallest absolute Gasteiger partial charge is 0.387 e. The molecule has 3 heterocycles. The number of rotatable bonds is 10. The minimum atomic E-state index is -2.62. The molecule has 5 N–H and O–H groups in total. The number of aliphatic hydroxyl groups is 2. The van der Waals surface area contributed by atoms with Crippen molar-refractivity contribution in [2.24, 2.45) is 5.41 Å². The normalized spacial score (nSPS) is 25.2. The second-order valence-corrected chi connectivity index (χ2v) is 10.7. The number of aromatic nitrogens is 4. The van der Waals surface area contributed by atoms with Crippen LogP contribution < -0.4 is 11.3 Å². The van der Waals surface area contributed by atoms with Gasteiger partial charge in [0.05, 0.1) is 11.7 Å². The highest BCUT2D eigenvalue weighted by molar-refractivity contribution is 8.13. The number of Topliss-reactive ketones (excluding diaryl/α,β-unsaturated/α-hetero) is 1. The van der Waals surface area contributed by atoms with Crippen molar-refractivity contribution in [2.45, 2.75) is 51.7 Å². The van der Waals surface area contributed by atoms with Gasteiger partial charge in [-0.1, -0.05) is 11.8 Å². The molecule has 3 rings (SSSR count). The number of nitrogens with zero attached hydrogens (tertiary/aromatic N) is 3. The number of fused-ring (bicyclic) bond motifs is 1. The Morgan fingerprint density at radius 1 is 1.43 bits per heavy atom. The van der Waals surface area contributed by atoms with Gasteiger partial charge in [-0.05, 0) is 27.7 Å². The first-order chi connectivity index (χ1) is 16.3. The maximum absolute atomic E-state index is 12.1. The predicted molar refractivity (Wildman–Crippen MR) is 125 cm³/mol. The molecular formula is C19H27N5O9PS+. The minimum absolute atomic E-state index is 0.0349. The molecule has 0 spiro atoms. The SMILES string of the molecule is CC(=O)C(C)(C)C(=O)SCCO[P+](=O)OC[C@H]1O[C@@H](n2cnc3c(=O)[nH]c(N)nc32)C(C)(O)[C@H]1O. The Bertz CT molecular complexity index is 1200. The molecule has 5 atom stereocenters. The van der Waals surface area contributed by atoms with E-state index in [0.29, 0.717) is 0 Å². The second kappa shape index (κ2) is 10.4. The fourth-order valence-corrected chi connectivity index (χ4v) is 4.80. The quantitative estimate of drug-likeness (QED) is 0.184. The van der Waals surface area contributed by atoms with E-state index in [1.807, 2.05) is 0 Å². The summed E-state index contributed by atoms with van der Waals surface area (Å²) in [5.74, 6) is -0.270. The lowest BCUT2D eigenvalue weighted by atomic mass is 9.91. The molecule has 35 heavy (non-hydrogen) atoms. The Labute approximate surface area is 204 Å². The average molecular weight is 532 g/mol. The highest BCUT2D eigenvalue weighted by Crippen LogP contribution is 2.40. The van der Waals surface area contributed by atoms with E-state index >= 15 is 0 Å². The van der Waals surface area contributed by atoms with Crippen LogP contribution in [0.2, 0.25) is 0 Å². The number of carbonyl (C=O) groups is 2. The molecule has 0 bridgehead atoms. The first kappa shape index (κ1) is 27.3. The summed E-state index contributed by atoms with van der Waals surface area (Å²) < 4.78 is 29.2. The lowest BCUT2D eigenvalue weighted by molar-refractivity contribution is -0.132. The van der Waals surface area contributed by atoms with Crippen LogP contribution in [0, 0.1) is 5.41 Å². The van der Waals surface area contributed by atoms with Gasteiger partial charge in [0, 0.05) is 10.3 Å². The molecule has 2 unspecified atom stereocenters. The van der Waals surface area contributed by atoms with Crippen molar-refractivity contribution >= 4 is 48.0 Å². The summed E-state index contributed by atoms with van der Waals surface area (Å²) >= 11 is 0.884. The van der Waals surface area contributed by atoms with Crippen molar-refractivity contribution < 1.29 is 38.2 Å². The zero-order chi connectivity index (χ0) is 26.1. The van der Waals surface area contributed by atoms with Gasteiger partial charge in [0.15, 0.2) is 17.4 Å². The molecular weight excluding hydrogens is 505 g/mol. The van der Waals surface area contributed by atoms with Crippen molar-refractivity contribution in [1.29, 1.82) is 0 Å². The molecule has 192 valence electrons. The largest absolute Gasteiger partial charge is 0.697 e. The fourth-order valence-electron chi connectivity index (χ4n) is 3.23. The van der Waals surface area contributed by atoms with E-state index in [9.17, 15) is 29.2 Å². The van der Waals surface area contributed by atoms with Crippen LogP contribution in [-0.2, 0) is 27.9 Å². The molecule has 2 aromatic heterocycles. The van der Waals surface area contributed by atoms with Crippen LogP contribution in [0.5, 0.6) is 0 Å². The number of aliphatic hydroxyl groups excluding tert-OH is 1. The van der Waals surface area contributed by atoms with E-state index in [-0.39, 0.29) is 40.4 Å². The molecule has 16 heteroatoms. The van der Waals surface area contributed by atoms with Crippen LogP contribution in [-0.4, -0.2) is 77.4 Å². The number of ether oxygens (including phenoxy) is 1. The number of aromatic amines is 1. The first-order valence-corrected chi connectivity index (χ1v) is 12.5. The summed E-state index contributed by atoms with van der Waals surface area (Å²) in [5.41, 5.74) is 2.04. The van der Waals surface area contributed by atoms with Crippen LogP contribution in [0.1, 0.15) is 33.9 Å². The highest BCUT2D eigenvalue weighted by atomic mass is 32.2. The highest BCUT2D eigenvalue weighted by Gasteiger charge is 2.54. The Morgan fingerprint density at radius 3 is 2.77 bits per heavy atom. The molecule has 0 amide bonds. The van der Waals surface area contributed by atoms with Crippen molar-refractivity contribution in [3.05, 3.63) is 16.7 Å². The van der Waals surface area contributed by atoms with E-state index in [1.54, 1.807) is 0 Å². The summed E-state index contributed by atoms with van der Waals surface area (Å²) in [6.45, 7) is 5.23. The van der Waals surface area contributed by atoms with Gasteiger partial charge in [-0.2, -0.15) is 4.98 Å². The van der Waals surface area contributed by atoms with Gasteiger partial charge in [0.2, 0.25) is 11.1 Å².